The van der Waals surface area contributed by atoms with Crippen molar-refractivity contribution >= 4 is 33.2 Å². The second kappa shape index (κ2) is 7.42. The fraction of sp³-hybridized carbons (Fsp3) is 0.455. The van der Waals surface area contributed by atoms with E-state index in [2.05, 4.69) is 10.0 Å². The van der Waals surface area contributed by atoms with E-state index in [0.29, 0.717) is 13.1 Å². The first-order valence-corrected chi connectivity index (χ1v) is 7.91. The summed E-state index contributed by atoms with van der Waals surface area (Å²) >= 11 is 11.7. The van der Waals surface area contributed by atoms with Gasteiger partial charge in [-0.05, 0) is 19.1 Å². The number of aliphatic hydroxyl groups is 1. The lowest BCUT2D eigenvalue weighted by Crippen LogP contribution is -2.34. The Morgan fingerprint density at radius 3 is 2.37 bits per heavy atom. The molecule has 5 nitrogen and oxygen atoms in total. The minimum absolute atomic E-state index is 0.0805. The van der Waals surface area contributed by atoms with E-state index >= 15 is 0 Å². The quantitative estimate of drug-likeness (QED) is 0.659. The molecule has 0 amide bonds. The van der Waals surface area contributed by atoms with E-state index in [1.54, 1.807) is 13.0 Å². The molecule has 108 valence electrons. The van der Waals surface area contributed by atoms with Gasteiger partial charge in [0.25, 0.3) is 0 Å². The molecule has 0 fully saturated rings. The zero-order valence-electron chi connectivity index (χ0n) is 10.4. The Hall–Kier alpha value is -0.370. The van der Waals surface area contributed by atoms with E-state index < -0.39 is 16.1 Å². The van der Waals surface area contributed by atoms with Crippen LogP contribution in [-0.4, -0.2) is 39.3 Å². The average molecular weight is 327 g/mol. The standard InChI is InChI=1S/C11H16Cl2N2O3S/c1-8(16)7-14-5-6-15-19(17,18)11-9(12)3-2-4-10(11)13/h2-4,8,14-16H,5-7H2,1H3. The number of aliphatic hydroxyl groups excluding tert-OH is 1. The van der Waals surface area contributed by atoms with Crippen LogP contribution in [0.3, 0.4) is 0 Å². The highest BCUT2D eigenvalue weighted by Crippen LogP contribution is 2.28. The first-order chi connectivity index (χ1) is 8.84. The molecular weight excluding hydrogens is 311 g/mol. The molecule has 0 spiro atoms. The molecule has 1 unspecified atom stereocenters. The Balaban J connectivity index is 2.62. The predicted octanol–water partition coefficient (Wildman–Crippen LogP) is 1.24. The summed E-state index contributed by atoms with van der Waals surface area (Å²) in [5.74, 6) is 0. The van der Waals surface area contributed by atoms with Crippen LogP contribution in [0.5, 0.6) is 0 Å². The van der Waals surface area contributed by atoms with Crippen molar-refractivity contribution < 1.29 is 13.5 Å². The molecular formula is C11H16Cl2N2O3S. The number of nitrogens with one attached hydrogen (secondary N) is 2. The molecule has 1 aromatic carbocycles. The fourth-order valence-electron chi connectivity index (χ4n) is 1.40. The van der Waals surface area contributed by atoms with Crippen LogP contribution < -0.4 is 10.0 Å². The Morgan fingerprint density at radius 2 is 1.84 bits per heavy atom. The van der Waals surface area contributed by atoms with Gasteiger partial charge in [-0.3, -0.25) is 0 Å². The second-order valence-corrected chi connectivity index (χ2v) is 6.52. The number of rotatable bonds is 7. The Labute approximate surface area is 123 Å². The molecule has 0 bridgehead atoms. The highest BCUT2D eigenvalue weighted by atomic mass is 35.5. The smallest absolute Gasteiger partial charge is 0.243 e. The zero-order chi connectivity index (χ0) is 14.5. The van der Waals surface area contributed by atoms with Gasteiger partial charge in [0.2, 0.25) is 10.0 Å². The fourth-order valence-corrected chi connectivity index (χ4v) is 3.57. The highest BCUT2D eigenvalue weighted by molar-refractivity contribution is 7.89. The van der Waals surface area contributed by atoms with Crippen molar-refractivity contribution in [2.24, 2.45) is 0 Å². The van der Waals surface area contributed by atoms with Gasteiger partial charge in [0.05, 0.1) is 16.1 Å². The molecule has 0 aliphatic heterocycles. The third-order valence-corrected chi connectivity index (χ3v) is 4.64. The van der Waals surface area contributed by atoms with Gasteiger partial charge in [-0.2, -0.15) is 0 Å². The summed E-state index contributed by atoms with van der Waals surface area (Å²) in [7, 11) is -3.74. The van der Waals surface area contributed by atoms with Crippen LogP contribution >= 0.6 is 23.2 Å². The first kappa shape index (κ1) is 16.7. The lowest BCUT2D eigenvalue weighted by Gasteiger charge is -2.11. The number of hydrogen-bond donors (Lipinski definition) is 3. The monoisotopic (exact) mass is 326 g/mol. The molecule has 0 aliphatic rings. The van der Waals surface area contributed by atoms with Crippen LogP contribution in [0.15, 0.2) is 23.1 Å². The van der Waals surface area contributed by atoms with Crippen LogP contribution in [0, 0.1) is 0 Å². The number of hydrogen-bond acceptors (Lipinski definition) is 4. The van der Waals surface area contributed by atoms with Gasteiger partial charge in [0, 0.05) is 19.6 Å². The third-order valence-electron chi connectivity index (χ3n) is 2.22. The van der Waals surface area contributed by atoms with Gasteiger partial charge < -0.3 is 10.4 Å². The minimum Gasteiger partial charge on any atom is -0.392 e. The average Bonchev–Trinajstić information content (AvgIpc) is 2.27. The van der Waals surface area contributed by atoms with Gasteiger partial charge >= 0.3 is 0 Å². The highest BCUT2D eigenvalue weighted by Gasteiger charge is 2.20. The van der Waals surface area contributed by atoms with Crippen LogP contribution in [0.1, 0.15) is 6.92 Å². The van der Waals surface area contributed by atoms with E-state index in [4.69, 9.17) is 28.3 Å². The number of sulfonamides is 1. The normalized spacial score (nSPS) is 13.5. The lowest BCUT2D eigenvalue weighted by molar-refractivity contribution is 0.192. The summed E-state index contributed by atoms with van der Waals surface area (Å²) in [6.45, 7) is 2.61. The molecule has 0 radical (unpaired) electrons. The van der Waals surface area contributed by atoms with E-state index in [1.807, 2.05) is 0 Å². The van der Waals surface area contributed by atoms with Gasteiger partial charge in [-0.1, -0.05) is 29.3 Å². The lowest BCUT2D eigenvalue weighted by atomic mass is 10.4. The van der Waals surface area contributed by atoms with Gasteiger partial charge in [0.1, 0.15) is 4.90 Å². The van der Waals surface area contributed by atoms with Crippen molar-refractivity contribution in [3.05, 3.63) is 28.2 Å². The Kier molecular flexibility index (Phi) is 6.52. The molecule has 19 heavy (non-hydrogen) atoms. The summed E-state index contributed by atoms with van der Waals surface area (Å²) < 4.78 is 26.4. The second-order valence-electron chi connectivity index (χ2n) is 4.00. The van der Waals surface area contributed by atoms with E-state index in [-0.39, 0.29) is 21.5 Å². The maximum Gasteiger partial charge on any atom is 0.243 e. The number of benzene rings is 1. The van der Waals surface area contributed by atoms with E-state index in [1.165, 1.54) is 12.1 Å². The van der Waals surface area contributed by atoms with E-state index in [0.717, 1.165) is 0 Å². The summed E-state index contributed by atoms with van der Waals surface area (Å²) in [6.07, 6.45) is -0.477. The van der Waals surface area contributed by atoms with Crippen molar-refractivity contribution in [3.8, 4) is 0 Å². The molecule has 1 rings (SSSR count). The molecule has 0 saturated heterocycles. The molecule has 3 N–H and O–H groups in total. The Bertz CT molecular complexity index is 500. The molecule has 1 atom stereocenters. The topological polar surface area (TPSA) is 78.4 Å². The maximum absolute atomic E-state index is 12.0. The van der Waals surface area contributed by atoms with Crippen LogP contribution in [0.4, 0.5) is 0 Å². The molecule has 0 saturated carbocycles. The Morgan fingerprint density at radius 1 is 1.26 bits per heavy atom. The number of halogens is 2. The predicted molar refractivity (Wildman–Crippen MR) is 76.2 cm³/mol. The summed E-state index contributed by atoms with van der Waals surface area (Å²) in [5.41, 5.74) is 0. The van der Waals surface area contributed by atoms with Crippen LogP contribution in [0.25, 0.3) is 0 Å². The van der Waals surface area contributed by atoms with Crippen molar-refractivity contribution in [2.75, 3.05) is 19.6 Å². The third kappa shape index (κ3) is 5.25. The zero-order valence-corrected chi connectivity index (χ0v) is 12.7. The van der Waals surface area contributed by atoms with Crippen LogP contribution in [0.2, 0.25) is 10.0 Å². The molecule has 0 heterocycles. The minimum atomic E-state index is -3.74. The summed E-state index contributed by atoms with van der Waals surface area (Å²) in [6, 6.07) is 4.51. The van der Waals surface area contributed by atoms with Crippen molar-refractivity contribution in [1.82, 2.24) is 10.0 Å². The van der Waals surface area contributed by atoms with Crippen molar-refractivity contribution in [3.63, 3.8) is 0 Å². The van der Waals surface area contributed by atoms with Crippen molar-refractivity contribution in [1.29, 1.82) is 0 Å². The molecule has 0 aromatic heterocycles. The molecule has 1 aromatic rings. The molecule has 8 heteroatoms. The maximum atomic E-state index is 12.0. The largest absolute Gasteiger partial charge is 0.392 e. The summed E-state index contributed by atoms with van der Waals surface area (Å²) in [4.78, 5) is -0.117. The molecule has 0 aliphatic carbocycles. The van der Waals surface area contributed by atoms with Crippen molar-refractivity contribution in [2.45, 2.75) is 17.9 Å². The van der Waals surface area contributed by atoms with Gasteiger partial charge in [-0.15, -0.1) is 0 Å². The van der Waals surface area contributed by atoms with E-state index in [9.17, 15) is 8.42 Å². The SMILES string of the molecule is CC(O)CNCCNS(=O)(=O)c1c(Cl)cccc1Cl. The first-order valence-electron chi connectivity index (χ1n) is 5.67. The summed E-state index contributed by atoms with van der Waals surface area (Å²) in [5, 5.41) is 12.1. The van der Waals surface area contributed by atoms with Gasteiger partial charge in [-0.25, -0.2) is 13.1 Å². The van der Waals surface area contributed by atoms with Gasteiger partial charge in [0.15, 0.2) is 0 Å². The van der Waals surface area contributed by atoms with Crippen LogP contribution in [-0.2, 0) is 10.0 Å².